The first kappa shape index (κ1) is 18.8. The zero-order valence-electron chi connectivity index (χ0n) is 15.8. The van der Waals surface area contributed by atoms with E-state index in [0.29, 0.717) is 24.2 Å². The number of carbonyl (C=O) groups is 2. The van der Waals surface area contributed by atoms with Crippen molar-refractivity contribution in [3.63, 3.8) is 0 Å². The molecule has 1 aromatic heterocycles. The largest absolute Gasteiger partial charge is 0.312 e. The number of rotatable bonds is 5. The molecule has 0 unspecified atom stereocenters. The van der Waals surface area contributed by atoms with Gasteiger partial charge in [-0.15, -0.1) is 0 Å². The molecule has 0 atom stereocenters. The maximum absolute atomic E-state index is 13.4. The second-order valence-corrected chi connectivity index (χ2v) is 6.88. The van der Waals surface area contributed by atoms with Crippen LogP contribution in [0.3, 0.4) is 0 Å². The summed E-state index contributed by atoms with van der Waals surface area (Å²) in [6.07, 6.45) is 3.08. The number of halogens is 1. The van der Waals surface area contributed by atoms with Crippen LogP contribution in [0.4, 0.5) is 15.8 Å². The number of carbonyl (C=O) groups excluding carboxylic acids is 2. The molecular formula is C23H20FN3O2. The summed E-state index contributed by atoms with van der Waals surface area (Å²) in [6, 6.07) is 18.3. The van der Waals surface area contributed by atoms with Crippen LogP contribution in [0.25, 0.3) is 0 Å². The highest BCUT2D eigenvalue weighted by atomic mass is 19.1. The molecule has 0 radical (unpaired) electrons. The van der Waals surface area contributed by atoms with Crippen molar-refractivity contribution >= 4 is 23.2 Å². The molecule has 2 amide bonds. The smallest absolute Gasteiger partial charge is 0.258 e. The normalized spacial score (nSPS) is 13.6. The number of hydrogen-bond donors (Lipinski definition) is 0. The van der Waals surface area contributed by atoms with Crippen molar-refractivity contribution < 1.29 is 14.0 Å². The molecule has 4 rings (SSSR count). The zero-order chi connectivity index (χ0) is 20.2. The molecule has 2 aromatic carbocycles. The molecule has 0 aliphatic carbocycles. The molecule has 0 saturated carbocycles. The predicted octanol–water partition coefficient (Wildman–Crippen LogP) is 4.19. The van der Waals surface area contributed by atoms with Gasteiger partial charge >= 0.3 is 0 Å². The number of benzene rings is 2. The molecule has 5 nitrogen and oxygen atoms in total. The van der Waals surface area contributed by atoms with Crippen molar-refractivity contribution in [2.45, 2.75) is 19.4 Å². The Bertz CT molecular complexity index is 1000. The van der Waals surface area contributed by atoms with Crippen molar-refractivity contribution in [2.24, 2.45) is 0 Å². The van der Waals surface area contributed by atoms with E-state index in [1.54, 1.807) is 52.4 Å². The maximum Gasteiger partial charge on any atom is 0.258 e. The highest BCUT2D eigenvalue weighted by molar-refractivity contribution is 6.06. The number of pyridine rings is 1. The lowest BCUT2D eigenvalue weighted by atomic mass is 10.1. The van der Waals surface area contributed by atoms with E-state index in [1.807, 2.05) is 18.2 Å². The topological polar surface area (TPSA) is 53.5 Å². The summed E-state index contributed by atoms with van der Waals surface area (Å²) in [7, 11) is 0. The van der Waals surface area contributed by atoms with Gasteiger partial charge < -0.3 is 9.80 Å². The second kappa shape index (κ2) is 8.22. The first-order valence-electron chi connectivity index (χ1n) is 9.49. The fourth-order valence-corrected chi connectivity index (χ4v) is 3.42. The van der Waals surface area contributed by atoms with Crippen LogP contribution in [-0.2, 0) is 11.3 Å². The number of nitrogens with zero attached hydrogens (tertiary/aromatic N) is 3. The number of hydrogen-bond acceptors (Lipinski definition) is 3. The van der Waals surface area contributed by atoms with Crippen LogP contribution in [0.15, 0.2) is 72.9 Å². The third kappa shape index (κ3) is 4.16. The van der Waals surface area contributed by atoms with Crippen LogP contribution >= 0.6 is 0 Å². The average Bonchev–Trinajstić information content (AvgIpc) is 3.19. The van der Waals surface area contributed by atoms with Gasteiger partial charge in [0.05, 0.1) is 12.2 Å². The third-order valence-corrected chi connectivity index (χ3v) is 4.93. The molecule has 3 aromatic rings. The van der Waals surface area contributed by atoms with E-state index < -0.39 is 0 Å². The van der Waals surface area contributed by atoms with E-state index in [0.717, 1.165) is 17.8 Å². The monoisotopic (exact) mass is 389 g/mol. The van der Waals surface area contributed by atoms with Gasteiger partial charge in [0.2, 0.25) is 5.91 Å². The molecule has 6 heteroatoms. The van der Waals surface area contributed by atoms with Crippen LogP contribution in [0, 0.1) is 5.82 Å². The van der Waals surface area contributed by atoms with Gasteiger partial charge in [0.15, 0.2) is 0 Å². The maximum atomic E-state index is 13.4. The summed E-state index contributed by atoms with van der Waals surface area (Å²) < 4.78 is 13.4. The van der Waals surface area contributed by atoms with Gasteiger partial charge in [-0.25, -0.2) is 4.39 Å². The standard InChI is InChI=1S/C23H20FN3O2/c24-18-8-12-21(13-9-18)27(16-19-4-1-2-14-25-19)23(29)17-6-10-20(11-7-17)26-15-3-5-22(26)28/h1-2,4,6-14H,3,5,15-16H2. The first-order chi connectivity index (χ1) is 14.1. The van der Waals surface area contributed by atoms with Crippen LogP contribution in [0.2, 0.25) is 0 Å². The van der Waals surface area contributed by atoms with Crippen LogP contribution in [0.1, 0.15) is 28.9 Å². The Morgan fingerprint density at radius 2 is 1.79 bits per heavy atom. The molecule has 1 fully saturated rings. The van der Waals surface area contributed by atoms with Gasteiger partial charge in [-0.1, -0.05) is 6.07 Å². The zero-order valence-corrected chi connectivity index (χ0v) is 15.8. The average molecular weight is 389 g/mol. The van der Waals surface area contributed by atoms with Crippen LogP contribution in [0.5, 0.6) is 0 Å². The Balaban J connectivity index is 1.62. The minimum absolute atomic E-state index is 0.104. The fraction of sp³-hybridized carbons (Fsp3) is 0.174. The van der Waals surface area contributed by atoms with Gasteiger partial charge in [0, 0.05) is 36.1 Å². The van der Waals surface area contributed by atoms with Crippen molar-refractivity contribution in [3.05, 3.63) is 90.0 Å². The lowest BCUT2D eigenvalue weighted by molar-refractivity contribution is -0.117. The summed E-state index contributed by atoms with van der Waals surface area (Å²) in [6.45, 7) is 0.963. The Kier molecular flexibility index (Phi) is 5.33. The van der Waals surface area contributed by atoms with E-state index in [1.165, 1.54) is 12.1 Å². The first-order valence-corrected chi connectivity index (χ1v) is 9.49. The lowest BCUT2D eigenvalue weighted by Gasteiger charge is -2.23. The summed E-state index contributed by atoms with van der Waals surface area (Å²) in [5.74, 6) is -0.479. The molecule has 146 valence electrons. The summed E-state index contributed by atoms with van der Waals surface area (Å²) in [5, 5.41) is 0. The lowest BCUT2D eigenvalue weighted by Crippen LogP contribution is -2.31. The minimum atomic E-state index is -0.362. The number of aromatic nitrogens is 1. The van der Waals surface area contributed by atoms with Crippen molar-refractivity contribution in [1.82, 2.24) is 4.98 Å². The van der Waals surface area contributed by atoms with Crippen molar-refractivity contribution in [2.75, 3.05) is 16.3 Å². The number of anilines is 2. The fourth-order valence-electron chi connectivity index (χ4n) is 3.42. The molecule has 2 heterocycles. The molecule has 0 bridgehead atoms. The molecular weight excluding hydrogens is 369 g/mol. The molecule has 1 aliphatic rings. The molecule has 0 spiro atoms. The minimum Gasteiger partial charge on any atom is -0.312 e. The van der Waals surface area contributed by atoms with Crippen LogP contribution in [-0.4, -0.2) is 23.3 Å². The quantitative estimate of drug-likeness (QED) is 0.657. The Hall–Kier alpha value is -3.54. The third-order valence-electron chi connectivity index (χ3n) is 4.93. The van der Waals surface area contributed by atoms with E-state index in [4.69, 9.17) is 0 Å². The van der Waals surface area contributed by atoms with Gasteiger partial charge in [0.25, 0.3) is 5.91 Å². The Morgan fingerprint density at radius 1 is 1.03 bits per heavy atom. The van der Waals surface area contributed by atoms with E-state index >= 15 is 0 Å². The molecule has 1 saturated heterocycles. The number of amides is 2. The predicted molar refractivity (Wildman–Crippen MR) is 109 cm³/mol. The van der Waals surface area contributed by atoms with Gasteiger partial charge in [-0.05, 0) is 67.1 Å². The van der Waals surface area contributed by atoms with E-state index in [9.17, 15) is 14.0 Å². The van der Waals surface area contributed by atoms with Crippen molar-refractivity contribution in [1.29, 1.82) is 0 Å². The molecule has 29 heavy (non-hydrogen) atoms. The molecule has 0 N–H and O–H groups in total. The van der Waals surface area contributed by atoms with Gasteiger partial charge in [-0.3, -0.25) is 14.6 Å². The van der Waals surface area contributed by atoms with Gasteiger partial charge in [-0.2, -0.15) is 0 Å². The summed E-state index contributed by atoms with van der Waals surface area (Å²) in [5.41, 5.74) is 2.59. The van der Waals surface area contributed by atoms with Crippen molar-refractivity contribution in [3.8, 4) is 0 Å². The Labute approximate surface area is 168 Å². The Morgan fingerprint density at radius 3 is 2.41 bits per heavy atom. The molecule has 1 aliphatic heterocycles. The second-order valence-electron chi connectivity index (χ2n) is 6.88. The highest BCUT2D eigenvalue weighted by Crippen LogP contribution is 2.24. The van der Waals surface area contributed by atoms with Crippen LogP contribution < -0.4 is 9.80 Å². The van der Waals surface area contributed by atoms with E-state index in [2.05, 4.69) is 4.98 Å². The summed E-state index contributed by atoms with van der Waals surface area (Å²) in [4.78, 5) is 32.8. The summed E-state index contributed by atoms with van der Waals surface area (Å²) >= 11 is 0. The SMILES string of the molecule is O=C1CCCN1c1ccc(C(=O)N(Cc2ccccn2)c2ccc(F)cc2)cc1. The van der Waals surface area contributed by atoms with Gasteiger partial charge in [0.1, 0.15) is 5.82 Å². The highest BCUT2D eigenvalue weighted by Gasteiger charge is 2.23. The van der Waals surface area contributed by atoms with E-state index in [-0.39, 0.29) is 24.2 Å².